The Morgan fingerprint density at radius 3 is 1.52 bits per heavy atom. The van der Waals surface area contributed by atoms with Gasteiger partial charge in [0.2, 0.25) is 7.29 Å². The lowest BCUT2D eigenvalue weighted by Gasteiger charge is -2.34. The predicted molar refractivity (Wildman–Crippen MR) is 111 cm³/mol. The molecule has 0 fully saturated rings. The maximum absolute atomic E-state index is 14.6. The second-order valence-corrected chi connectivity index (χ2v) is 10.4. The summed E-state index contributed by atoms with van der Waals surface area (Å²) in [6.07, 6.45) is 0. The van der Waals surface area contributed by atoms with Crippen LogP contribution in [0.25, 0.3) is 0 Å². The van der Waals surface area contributed by atoms with Gasteiger partial charge in [0.05, 0.1) is 5.69 Å². The van der Waals surface area contributed by atoms with Gasteiger partial charge in [-0.05, 0) is 48.3 Å². The van der Waals surface area contributed by atoms with Gasteiger partial charge in [-0.2, -0.15) is 0 Å². The van der Waals surface area contributed by atoms with Gasteiger partial charge >= 0.3 is 0 Å². The molecule has 0 aliphatic carbocycles. The van der Waals surface area contributed by atoms with E-state index in [9.17, 15) is 4.57 Å². The number of rotatable bonds is 6. The summed E-state index contributed by atoms with van der Waals surface area (Å²) < 4.78 is 16.6. The molecule has 2 nitrogen and oxygen atoms in total. The van der Waals surface area contributed by atoms with Gasteiger partial charge in [0.1, 0.15) is 0 Å². The van der Waals surface area contributed by atoms with Crippen LogP contribution in [0.2, 0.25) is 0 Å². The maximum atomic E-state index is 14.6. The number of hydrogen-bond donors (Lipinski definition) is 0. The van der Waals surface area contributed by atoms with Crippen LogP contribution in [0.4, 0.5) is 5.69 Å². The summed E-state index contributed by atoms with van der Waals surface area (Å²) in [5.74, 6) is 0. The van der Waals surface area contributed by atoms with Gasteiger partial charge in [-0.1, -0.05) is 68.4 Å². The van der Waals surface area contributed by atoms with Crippen LogP contribution in [0.1, 0.15) is 13.8 Å². The van der Waals surface area contributed by atoms with E-state index in [-0.39, 0.29) is 0 Å². The molecule has 0 aliphatic heterocycles. The van der Waals surface area contributed by atoms with Crippen LogP contribution in [-0.2, 0) is 4.57 Å². The van der Waals surface area contributed by atoms with E-state index in [1.165, 1.54) is 0 Å². The van der Waals surface area contributed by atoms with E-state index >= 15 is 0 Å². The molecule has 0 saturated heterocycles. The van der Waals surface area contributed by atoms with Crippen molar-refractivity contribution in [2.45, 2.75) is 19.1 Å². The first-order valence-corrected chi connectivity index (χ1v) is 10.9. The molecule has 0 radical (unpaired) electrons. The third kappa shape index (κ3) is 3.84. The number of nitrogens with zero attached hydrogens (tertiary/aromatic N) is 1. The Bertz CT molecular complexity index is 794. The summed E-state index contributed by atoms with van der Waals surface area (Å²) in [5.41, 5.74) is 0.956. The van der Waals surface area contributed by atoms with E-state index in [0.29, 0.717) is 5.25 Å². The average Bonchev–Trinajstić information content (AvgIpc) is 2.67. The molecular formula is C21H22NOPS. The molecule has 0 aromatic heterocycles. The minimum absolute atomic E-state index is 0.306. The Labute approximate surface area is 154 Å². The molecule has 0 heterocycles. The van der Waals surface area contributed by atoms with Crippen LogP contribution in [-0.4, -0.2) is 5.25 Å². The molecule has 3 aromatic carbocycles. The van der Waals surface area contributed by atoms with Gasteiger partial charge in [-0.3, -0.25) is 8.64 Å². The highest BCUT2D eigenvalue weighted by atomic mass is 32.2. The van der Waals surface area contributed by atoms with E-state index in [0.717, 1.165) is 16.3 Å². The summed E-state index contributed by atoms with van der Waals surface area (Å²) in [6.45, 7) is 4.25. The van der Waals surface area contributed by atoms with Crippen molar-refractivity contribution in [1.82, 2.24) is 0 Å². The highest BCUT2D eigenvalue weighted by Gasteiger charge is 2.36. The van der Waals surface area contributed by atoms with Gasteiger partial charge in [-0.25, -0.2) is 0 Å². The molecule has 4 heteroatoms. The van der Waals surface area contributed by atoms with Gasteiger partial charge < -0.3 is 0 Å². The van der Waals surface area contributed by atoms with Crippen LogP contribution in [0.15, 0.2) is 91.0 Å². The summed E-state index contributed by atoms with van der Waals surface area (Å²) in [7, 11) is -3.01. The summed E-state index contributed by atoms with van der Waals surface area (Å²) >= 11 is 1.62. The smallest absolute Gasteiger partial charge is 0.239 e. The van der Waals surface area contributed by atoms with Crippen molar-refractivity contribution in [1.29, 1.82) is 0 Å². The third-order valence-electron chi connectivity index (χ3n) is 3.76. The number of hydrogen-bond acceptors (Lipinski definition) is 2. The standard InChI is InChI=1S/C21H22NOPS/c1-18(2)25-22(19-12-6-3-7-13-19)24(23,20-14-8-4-9-15-20)21-16-10-5-11-17-21/h3-18H,1-2H3. The molecule has 3 aromatic rings. The monoisotopic (exact) mass is 367 g/mol. The number of benzene rings is 3. The first kappa shape index (κ1) is 17.8. The fourth-order valence-electron chi connectivity index (χ4n) is 2.66. The first-order chi connectivity index (χ1) is 12.1. The van der Waals surface area contributed by atoms with Gasteiger partial charge in [0.15, 0.2) is 0 Å². The zero-order valence-corrected chi connectivity index (χ0v) is 16.2. The van der Waals surface area contributed by atoms with Crippen molar-refractivity contribution < 1.29 is 4.57 Å². The zero-order chi connectivity index (χ0) is 17.7. The van der Waals surface area contributed by atoms with Crippen molar-refractivity contribution in [3.05, 3.63) is 91.0 Å². The lowest BCUT2D eigenvalue weighted by atomic mass is 10.3. The number of para-hydroxylation sites is 1. The summed E-state index contributed by atoms with van der Waals surface area (Å²) in [6, 6.07) is 29.6. The fourth-order valence-corrected chi connectivity index (χ4v) is 7.30. The molecule has 0 atom stereocenters. The van der Waals surface area contributed by atoms with Crippen molar-refractivity contribution in [2.24, 2.45) is 0 Å². The Balaban J connectivity index is 2.23. The minimum Gasteiger partial charge on any atom is -0.289 e. The van der Waals surface area contributed by atoms with Crippen LogP contribution in [0, 0.1) is 0 Å². The minimum atomic E-state index is -3.01. The van der Waals surface area contributed by atoms with Crippen molar-refractivity contribution in [3.63, 3.8) is 0 Å². The van der Waals surface area contributed by atoms with Crippen LogP contribution in [0.5, 0.6) is 0 Å². The summed E-state index contributed by atoms with van der Waals surface area (Å²) in [5, 5.41) is 2.00. The maximum Gasteiger partial charge on any atom is 0.239 e. The largest absolute Gasteiger partial charge is 0.289 e. The van der Waals surface area contributed by atoms with Crippen molar-refractivity contribution >= 4 is 35.5 Å². The Hall–Kier alpha value is -1.96. The Morgan fingerprint density at radius 2 is 1.12 bits per heavy atom. The topological polar surface area (TPSA) is 20.3 Å². The molecule has 25 heavy (non-hydrogen) atoms. The molecule has 0 bridgehead atoms. The van der Waals surface area contributed by atoms with E-state index in [1.54, 1.807) is 11.9 Å². The second kappa shape index (κ2) is 7.95. The normalized spacial score (nSPS) is 11.5. The highest BCUT2D eigenvalue weighted by molar-refractivity contribution is 8.10. The average molecular weight is 367 g/mol. The van der Waals surface area contributed by atoms with E-state index in [4.69, 9.17) is 0 Å². The number of anilines is 1. The molecule has 0 unspecified atom stereocenters. The Morgan fingerprint density at radius 1 is 0.720 bits per heavy atom. The molecule has 0 spiro atoms. The molecule has 3 rings (SSSR count). The van der Waals surface area contributed by atoms with Gasteiger partial charge in [-0.15, -0.1) is 0 Å². The van der Waals surface area contributed by atoms with Crippen molar-refractivity contribution in [2.75, 3.05) is 4.08 Å². The molecular weight excluding hydrogens is 345 g/mol. The third-order valence-corrected chi connectivity index (χ3v) is 8.30. The summed E-state index contributed by atoms with van der Waals surface area (Å²) in [4.78, 5) is 0. The molecule has 0 amide bonds. The lowest BCUT2D eigenvalue weighted by molar-refractivity contribution is 0.588. The Kier molecular flexibility index (Phi) is 5.67. The van der Waals surface area contributed by atoms with Crippen LogP contribution >= 0.6 is 19.2 Å². The van der Waals surface area contributed by atoms with Crippen LogP contribution in [0.3, 0.4) is 0 Å². The quantitative estimate of drug-likeness (QED) is 0.425. The molecule has 0 saturated carbocycles. The van der Waals surface area contributed by atoms with Crippen LogP contribution < -0.4 is 14.7 Å². The highest BCUT2D eigenvalue weighted by Crippen LogP contribution is 2.54. The molecule has 128 valence electrons. The zero-order valence-electron chi connectivity index (χ0n) is 14.4. The lowest BCUT2D eigenvalue weighted by Crippen LogP contribution is -2.29. The van der Waals surface area contributed by atoms with E-state index in [1.807, 2.05) is 95.1 Å². The van der Waals surface area contributed by atoms with Gasteiger partial charge in [0.25, 0.3) is 0 Å². The van der Waals surface area contributed by atoms with Gasteiger partial charge in [0, 0.05) is 15.9 Å². The SMILES string of the molecule is CC(C)SN(c1ccccc1)P(=O)(c1ccccc1)c1ccccc1. The molecule has 0 N–H and O–H groups in total. The van der Waals surface area contributed by atoms with E-state index < -0.39 is 7.29 Å². The predicted octanol–water partition coefficient (Wildman–Crippen LogP) is 5.48. The fraction of sp³-hybridized carbons (Fsp3) is 0.143. The van der Waals surface area contributed by atoms with E-state index in [2.05, 4.69) is 13.8 Å². The molecule has 0 aliphatic rings. The first-order valence-electron chi connectivity index (χ1n) is 8.36. The van der Waals surface area contributed by atoms with Crippen molar-refractivity contribution in [3.8, 4) is 0 Å². The second-order valence-electron chi connectivity index (χ2n) is 6.01.